The quantitative estimate of drug-likeness (QED) is 0.552. The van der Waals surface area contributed by atoms with Crippen LogP contribution in [0.3, 0.4) is 0 Å². The zero-order valence-corrected chi connectivity index (χ0v) is 20.4. The maximum absolute atomic E-state index is 14.0. The molecule has 1 fully saturated rings. The Bertz CT molecular complexity index is 1190. The van der Waals surface area contributed by atoms with E-state index in [9.17, 15) is 14.7 Å². The van der Waals surface area contributed by atoms with Gasteiger partial charge in [-0.05, 0) is 54.2 Å². The molecule has 9 nitrogen and oxygen atoms in total. The molecule has 2 aromatic rings. The predicted molar refractivity (Wildman–Crippen MR) is 131 cm³/mol. The van der Waals surface area contributed by atoms with Gasteiger partial charge < -0.3 is 34.2 Å². The van der Waals surface area contributed by atoms with Crippen molar-refractivity contribution in [2.45, 2.75) is 31.8 Å². The van der Waals surface area contributed by atoms with Crippen molar-refractivity contribution in [2.75, 3.05) is 33.1 Å². The first-order chi connectivity index (χ1) is 17.4. The molecule has 10 heteroatoms. The van der Waals surface area contributed by atoms with E-state index in [0.717, 1.165) is 29.5 Å². The normalized spacial score (nSPS) is 16.8. The molecule has 0 bridgehead atoms. The summed E-state index contributed by atoms with van der Waals surface area (Å²) in [5.41, 5.74) is 2.89. The van der Waals surface area contributed by atoms with Crippen LogP contribution in [0.1, 0.15) is 30.4 Å². The molecular weight excluding hydrogens is 488 g/mol. The van der Waals surface area contributed by atoms with Gasteiger partial charge in [-0.25, -0.2) is 4.79 Å². The maximum Gasteiger partial charge on any atom is 0.407 e. The van der Waals surface area contributed by atoms with Crippen molar-refractivity contribution in [3.8, 4) is 17.2 Å². The van der Waals surface area contributed by atoms with Gasteiger partial charge >= 0.3 is 6.09 Å². The van der Waals surface area contributed by atoms with Crippen LogP contribution in [-0.4, -0.2) is 71.2 Å². The van der Waals surface area contributed by atoms with Gasteiger partial charge in [-0.15, -0.1) is 0 Å². The number of rotatable bonds is 8. The summed E-state index contributed by atoms with van der Waals surface area (Å²) in [5.74, 6) is 1.60. The lowest BCUT2D eigenvalue weighted by Crippen LogP contribution is -2.42. The SMILES string of the molecule is O=C(O)N1CCC(c2ccc(OCCO)cc2)=C(C(=O)N(Cc2cc3c(cc2Cl)OCO3)C2CC2)C1. The molecule has 36 heavy (non-hydrogen) atoms. The van der Waals surface area contributed by atoms with Crippen molar-refractivity contribution in [3.05, 3.63) is 58.1 Å². The highest BCUT2D eigenvalue weighted by atomic mass is 35.5. The van der Waals surface area contributed by atoms with Crippen molar-refractivity contribution in [1.29, 1.82) is 0 Å². The number of carbonyl (C=O) groups excluding carboxylic acids is 1. The predicted octanol–water partition coefficient (Wildman–Crippen LogP) is 3.77. The summed E-state index contributed by atoms with van der Waals surface area (Å²) in [6, 6.07) is 10.9. The number of aliphatic hydroxyl groups excluding tert-OH is 1. The number of halogens is 1. The van der Waals surface area contributed by atoms with Crippen molar-refractivity contribution in [3.63, 3.8) is 0 Å². The van der Waals surface area contributed by atoms with Crippen molar-refractivity contribution in [2.24, 2.45) is 0 Å². The molecule has 0 atom stereocenters. The van der Waals surface area contributed by atoms with Gasteiger partial charge in [0.15, 0.2) is 11.5 Å². The Morgan fingerprint density at radius 3 is 2.53 bits per heavy atom. The zero-order valence-electron chi connectivity index (χ0n) is 19.6. The third-order valence-electron chi connectivity index (χ3n) is 6.57. The molecule has 2 aliphatic heterocycles. The number of amides is 2. The van der Waals surface area contributed by atoms with E-state index >= 15 is 0 Å². The van der Waals surface area contributed by atoms with Gasteiger partial charge in [0.25, 0.3) is 5.91 Å². The monoisotopic (exact) mass is 514 g/mol. The summed E-state index contributed by atoms with van der Waals surface area (Å²) < 4.78 is 16.3. The van der Waals surface area contributed by atoms with E-state index in [4.69, 9.17) is 30.9 Å². The van der Waals surface area contributed by atoms with Crippen molar-refractivity contribution < 1.29 is 34.0 Å². The smallest absolute Gasteiger partial charge is 0.407 e. The Labute approximate surface area is 213 Å². The van der Waals surface area contributed by atoms with E-state index in [1.165, 1.54) is 4.90 Å². The standard InChI is InChI=1S/C26H27ClN2O7/c27-22-12-24-23(35-15-36-24)11-17(22)13-29(18-3-4-18)25(31)21-14-28(26(32)33)8-7-20(21)16-1-5-19(6-2-16)34-10-9-30/h1-2,5-6,11-12,18,30H,3-4,7-10,13-15H2,(H,32,33). The molecule has 3 aliphatic rings. The van der Waals surface area contributed by atoms with Crippen LogP contribution in [-0.2, 0) is 11.3 Å². The fourth-order valence-electron chi connectivity index (χ4n) is 4.55. The van der Waals surface area contributed by atoms with Crippen molar-refractivity contribution >= 4 is 29.2 Å². The number of ether oxygens (including phenoxy) is 3. The molecule has 1 aliphatic carbocycles. The Balaban J connectivity index is 1.46. The van der Waals surface area contributed by atoms with Gasteiger partial charge in [0.1, 0.15) is 12.4 Å². The average Bonchev–Trinajstić information content (AvgIpc) is 3.63. The van der Waals surface area contributed by atoms with E-state index in [0.29, 0.717) is 40.8 Å². The van der Waals surface area contributed by atoms with E-state index in [1.807, 2.05) is 12.1 Å². The highest BCUT2D eigenvalue weighted by Gasteiger charge is 2.37. The minimum absolute atomic E-state index is 0.0182. The molecule has 0 unspecified atom stereocenters. The highest BCUT2D eigenvalue weighted by molar-refractivity contribution is 6.31. The summed E-state index contributed by atoms with van der Waals surface area (Å²) in [4.78, 5) is 28.8. The van der Waals surface area contributed by atoms with Gasteiger partial charge in [0.2, 0.25) is 6.79 Å². The molecule has 0 spiro atoms. The lowest BCUT2D eigenvalue weighted by atomic mass is 9.92. The van der Waals surface area contributed by atoms with Crippen LogP contribution in [0.2, 0.25) is 5.02 Å². The van der Waals surface area contributed by atoms with Crippen LogP contribution < -0.4 is 14.2 Å². The lowest BCUT2D eigenvalue weighted by Gasteiger charge is -2.32. The molecular formula is C26H27ClN2O7. The van der Waals surface area contributed by atoms with E-state index < -0.39 is 6.09 Å². The molecule has 2 amide bonds. The van der Waals surface area contributed by atoms with Gasteiger partial charge in [0, 0.05) is 35.8 Å². The summed E-state index contributed by atoms with van der Waals surface area (Å²) in [7, 11) is 0. The minimum Gasteiger partial charge on any atom is -0.491 e. The van der Waals surface area contributed by atoms with E-state index in [1.54, 1.807) is 29.2 Å². The molecule has 0 radical (unpaired) electrons. The van der Waals surface area contributed by atoms with Gasteiger partial charge in [-0.3, -0.25) is 4.79 Å². The minimum atomic E-state index is -1.05. The average molecular weight is 515 g/mol. The molecule has 2 aromatic carbocycles. The van der Waals surface area contributed by atoms with Gasteiger partial charge in [0.05, 0.1) is 13.2 Å². The second kappa shape index (κ2) is 10.3. The third kappa shape index (κ3) is 5.08. The Kier molecular flexibility index (Phi) is 6.93. The second-order valence-corrected chi connectivity index (χ2v) is 9.38. The van der Waals surface area contributed by atoms with Crippen LogP contribution in [0.4, 0.5) is 4.79 Å². The van der Waals surface area contributed by atoms with E-state index in [2.05, 4.69) is 0 Å². The van der Waals surface area contributed by atoms with Gasteiger partial charge in [-0.1, -0.05) is 23.7 Å². The Morgan fingerprint density at radius 1 is 1.14 bits per heavy atom. The molecule has 5 rings (SSSR count). The lowest BCUT2D eigenvalue weighted by molar-refractivity contribution is -0.128. The molecule has 190 valence electrons. The summed E-state index contributed by atoms with van der Waals surface area (Å²) in [6.45, 7) is 0.854. The summed E-state index contributed by atoms with van der Waals surface area (Å²) in [6.07, 6.45) is 1.14. The fourth-order valence-corrected chi connectivity index (χ4v) is 4.76. The number of fused-ring (bicyclic) bond motifs is 1. The fraction of sp³-hybridized carbons (Fsp3) is 0.385. The number of hydrogen-bond acceptors (Lipinski definition) is 6. The van der Waals surface area contributed by atoms with E-state index in [-0.39, 0.29) is 45.0 Å². The molecule has 2 heterocycles. The third-order valence-corrected chi connectivity index (χ3v) is 6.92. The molecule has 1 saturated carbocycles. The number of nitrogens with zero attached hydrogens (tertiary/aromatic N) is 2. The topological polar surface area (TPSA) is 109 Å². The Hall–Kier alpha value is -3.43. The first-order valence-corrected chi connectivity index (χ1v) is 12.3. The van der Waals surface area contributed by atoms with Crippen LogP contribution in [0.15, 0.2) is 42.0 Å². The number of carbonyl (C=O) groups is 2. The van der Waals surface area contributed by atoms with Crippen LogP contribution in [0.5, 0.6) is 17.2 Å². The van der Waals surface area contributed by atoms with Gasteiger partial charge in [-0.2, -0.15) is 0 Å². The Morgan fingerprint density at radius 2 is 1.86 bits per heavy atom. The molecule has 2 N–H and O–H groups in total. The largest absolute Gasteiger partial charge is 0.491 e. The molecule has 0 aromatic heterocycles. The number of hydrogen-bond donors (Lipinski definition) is 2. The summed E-state index contributed by atoms with van der Waals surface area (Å²) in [5, 5.41) is 19.1. The van der Waals surface area contributed by atoms with Crippen molar-refractivity contribution in [1.82, 2.24) is 9.80 Å². The zero-order chi connectivity index (χ0) is 25.2. The first kappa shape index (κ1) is 24.3. The number of benzene rings is 2. The van der Waals surface area contributed by atoms with Crippen LogP contribution in [0, 0.1) is 0 Å². The highest BCUT2D eigenvalue weighted by Crippen LogP contribution is 2.39. The second-order valence-electron chi connectivity index (χ2n) is 8.97. The maximum atomic E-state index is 14.0. The van der Waals surface area contributed by atoms with Crippen LogP contribution >= 0.6 is 11.6 Å². The number of aliphatic hydroxyl groups is 1. The molecule has 0 saturated heterocycles. The summed E-state index contributed by atoms with van der Waals surface area (Å²) >= 11 is 6.51. The van der Waals surface area contributed by atoms with Crippen LogP contribution in [0.25, 0.3) is 5.57 Å². The number of carboxylic acid groups (broad SMARTS) is 1. The first-order valence-electron chi connectivity index (χ1n) is 11.9.